The van der Waals surface area contributed by atoms with E-state index in [0.29, 0.717) is 48.8 Å². The van der Waals surface area contributed by atoms with Gasteiger partial charge in [0.15, 0.2) is 11.5 Å². The number of carbonyl (C=O) groups excluding carboxylic acids is 2. The number of aliphatic hydroxyl groups excluding tert-OH is 1. The van der Waals surface area contributed by atoms with Gasteiger partial charge in [-0.2, -0.15) is 0 Å². The first-order valence-corrected chi connectivity index (χ1v) is 11.4. The summed E-state index contributed by atoms with van der Waals surface area (Å²) in [5, 5.41) is 11.2. The molecule has 0 radical (unpaired) electrons. The van der Waals surface area contributed by atoms with Gasteiger partial charge in [-0.25, -0.2) is 0 Å². The third-order valence-corrected chi connectivity index (χ3v) is 6.29. The highest BCUT2D eigenvalue weighted by Crippen LogP contribution is 2.45. The highest BCUT2D eigenvalue weighted by Gasteiger charge is 2.47. The van der Waals surface area contributed by atoms with Crippen LogP contribution in [0.15, 0.2) is 54.1 Å². The number of nitrogens with zero attached hydrogens (tertiary/aromatic N) is 2. The lowest BCUT2D eigenvalue weighted by Gasteiger charge is -2.29. The second-order valence-electron chi connectivity index (χ2n) is 8.25. The van der Waals surface area contributed by atoms with E-state index in [4.69, 9.17) is 14.2 Å². The van der Waals surface area contributed by atoms with Crippen molar-refractivity contribution in [2.45, 2.75) is 12.5 Å². The molecule has 8 heteroatoms. The average molecular weight is 467 g/mol. The van der Waals surface area contributed by atoms with E-state index in [1.807, 2.05) is 6.07 Å². The summed E-state index contributed by atoms with van der Waals surface area (Å²) in [6.45, 7) is 4.23. The molecule has 180 valence electrons. The third-order valence-electron chi connectivity index (χ3n) is 6.29. The number of hydrogen-bond acceptors (Lipinski definition) is 7. The summed E-state index contributed by atoms with van der Waals surface area (Å²) in [6, 6.07) is 13.3. The lowest BCUT2D eigenvalue weighted by molar-refractivity contribution is -0.140. The van der Waals surface area contributed by atoms with Crippen LogP contribution in [0.2, 0.25) is 0 Å². The summed E-state index contributed by atoms with van der Waals surface area (Å²) >= 11 is 0. The molecular weight excluding hydrogens is 436 g/mol. The molecule has 1 atom stereocenters. The number of likely N-dealkylation sites (tertiary alicyclic amines) is 1. The standard InChI is InChI=1S/C26H30N2O6/c1-32-20-11-6-10-19(25(20)33-2)22-21(23(29)18-8-4-3-5-9-18)24(30)26(31)28(22)13-7-12-27-14-16-34-17-15-27/h3-6,8-11,22,29H,7,12-17H2,1-2H3/b23-21+. The largest absolute Gasteiger partial charge is 0.507 e. The molecule has 0 aliphatic carbocycles. The second kappa shape index (κ2) is 10.7. The fourth-order valence-electron chi connectivity index (χ4n) is 4.60. The van der Waals surface area contributed by atoms with E-state index in [-0.39, 0.29) is 11.3 Å². The van der Waals surface area contributed by atoms with Gasteiger partial charge in [-0.15, -0.1) is 0 Å². The number of rotatable bonds is 8. The molecule has 2 heterocycles. The Kier molecular flexibility index (Phi) is 7.49. The van der Waals surface area contributed by atoms with E-state index in [2.05, 4.69) is 4.90 Å². The number of morpholine rings is 1. The molecule has 34 heavy (non-hydrogen) atoms. The average Bonchev–Trinajstić information content (AvgIpc) is 3.13. The topological polar surface area (TPSA) is 88.5 Å². The van der Waals surface area contributed by atoms with Crippen molar-refractivity contribution in [3.05, 3.63) is 65.2 Å². The third kappa shape index (κ3) is 4.64. The first kappa shape index (κ1) is 23.8. The lowest BCUT2D eigenvalue weighted by atomic mass is 9.94. The molecule has 1 unspecified atom stereocenters. The predicted molar refractivity (Wildman–Crippen MR) is 127 cm³/mol. The van der Waals surface area contributed by atoms with Gasteiger partial charge in [0.1, 0.15) is 5.76 Å². The summed E-state index contributed by atoms with van der Waals surface area (Å²) < 4.78 is 16.5. The smallest absolute Gasteiger partial charge is 0.295 e. The Morgan fingerprint density at radius 2 is 1.74 bits per heavy atom. The maximum absolute atomic E-state index is 13.2. The summed E-state index contributed by atoms with van der Waals surface area (Å²) in [6.07, 6.45) is 0.682. The molecule has 0 aromatic heterocycles. The molecule has 2 aromatic carbocycles. The number of methoxy groups -OCH3 is 2. The Morgan fingerprint density at radius 1 is 1.00 bits per heavy atom. The normalized spacial score (nSPS) is 20.5. The van der Waals surface area contributed by atoms with Crippen LogP contribution in [0.4, 0.5) is 0 Å². The molecule has 2 fully saturated rings. The zero-order valence-corrected chi connectivity index (χ0v) is 19.5. The Morgan fingerprint density at radius 3 is 2.41 bits per heavy atom. The van der Waals surface area contributed by atoms with Gasteiger partial charge in [0, 0.05) is 37.3 Å². The molecule has 0 spiro atoms. The number of ketones is 1. The number of amides is 1. The minimum absolute atomic E-state index is 0.0501. The number of carbonyl (C=O) groups is 2. The van der Waals surface area contributed by atoms with Crippen LogP contribution in [0.3, 0.4) is 0 Å². The molecule has 4 rings (SSSR count). The van der Waals surface area contributed by atoms with E-state index in [0.717, 1.165) is 19.6 Å². The van der Waals surface area contributed by atoms with Crippen LogP contribution in [0, 0.1) is 0 Å². The van der Waals surface area contributed by atoms with E-state index < -0.39 is 17.7 Å². The number of benzene rings is 2. The van der Waals surface area contributed by atoms with Crippen molar-refractivity contribution in [3.63, 3.8) is 0 Å². The van der Waals surface area contributed by atoms with Crippen LogP contribution < -0.4 is 9.47 Å². The van der Waals surface area contributed by atoms with E-state index in [1.165, 1.54) is 19.1 Å². The fraction of sp³-hybridized carbons (Fsp3) is 0.385. The quantitative estimate of drug-likeness (QED) is 0.364. The molecule has 1 N–H and O–H groups in total. The molecular formula is C26H30N2O6. The zero-order chi connectivity index (χ0) is 24.1. The number of aliphatic hydroxyl groups is 1. The van der Waals surface area contributed by atoms with Crippen LogP contribution in [0.25, 0.3) is 5.76 Å². The Labute approximate surface area is 199 Å². The molecule has 2 aliphatic heterocycles. The van der Waals surface area contributed by atoms with Gasteiger partial charge < -0.3 is 24.2 Å². The molecule has 2 saturated heterocycles. The molecule has 8 nitrogen and oxygen atoms in total. The number of para-hydroxylation sites is 1. The van der Waals surface area contributed by atoms with Crippen LogP contribution in [0.1, 0.15) is 23.6 Å². The van der Waals surface area contributed by atoms with Gasteiger partial charge in [-0.05, 0) is 12.5 Å². The SMILES string of the molecule is COc1cccc(C2/C(=C(\O)c3ccccc3)C(=O)C(=O)N2CCCN2CCOCC2)c1OC. The highest BCUT2D eigenvalue weighted by molar-refractivity contribution is 6.46. The Balaban J connectivity index is 1.74. The van der Waals surface area contributed by atoms with Gasteiger partial charge in [-0.3, -0.25) is 14.5 Å². The summed E-state index contributed by atoms with van der Waals surface area (Å²) in [7, 11) is 3.05. The Bertz CT molecular complexity index is 1060. The number of hydrogen-bond donors (Lipinski definition) is 1. The van der Waals surface area contributed by atoms with Crippen LogP contribution >= 0.6 is 0 Å². The first-order chi connectivity index (χ1) is 16.6. The van der Waals surface area contributed by atoms with Crippen LogP contribution in [-0.4, -0.2) is 80.2 Å². The van der Waals surface area contributed by atoms with Gasteiger partial charge in [0.2, 0.25) is 0 Å². The molecule has 2 aliphatic rings. The summed E-state index contributed by atoms with van der Waals surface area (Å²) in [5.41, 5.74) is 1.11. The van der Waals surface area contributed by atoms with Gasteiger partial charge >= 0.3 is 0 Å². The maximum atomic E-state index is 13.2. The van der Waals surface area contributed by atoms with E-state index >= 15 is 0 Å². The lowest BCUT2D eigenvalue weighted by Crippen LogP contribution is -2.39. The molecule has 2 aromatic rings. The van der Waals surface area contributed by atoms with Crippen molar-refractivity contribution in [1.82, 2.24) is 9.80 Å². The summed E-state index contributed by atoms with van der Waals surface area (Å²) in [4.78, 5) is 30.2. The Hall–Kier alpha value is -3.36. The summed E-state index contributed by atoms with van der Waals surface area (Å²) in [5.74, 6) is -0.630. The predicted octanol–water partition coefficient (Wildman–Crippen LogP) is 2.85. The minimum atomic E-state index is -0.796. The fourth-order valence-corrected chi connectivity index (χ4v) is 4.60. The van der Waals surface area contributed by atoms with Crippen molar-refractivity contribution in [3.8, 4) is 11.5 Å². The van der Waals surface area contributed by atoms with Crippen LogP contribution in [0.5, 0.6) is 11.5 Å². The van der Waals surface area contributed by atoms with Gasteiger partial charge in [0.25, 0.3) is 11.7 Å². The number of ether oxygens (including phenoxy) is 3. The highest BCUT2D eigenvalue weighted by atomic mass is 16.5. The zero-order valence-electron chi connectivity index (χ0n) is 19.5. The van der Waals surface area contributed by atoms with Crippen molar-refractivity contribution in [1.29, 1.82) is 0 Å². The van der Waals surface area contributed by atoms with Gasteiger partial charge in [0.05, 0.1) is 39.0 Å². The second-order valence-corrected chi connectivity index (χ2v) is 8.25. The monoisotopic (exact) mass is 466 g/mol. The van der Waals surface area contributed by atoms with E-state index in [9.17, 15) is 14.7 Å². The minimum Gasteiger partial charge on any atom is -0.507 e. The maximum Gasteiger partial charge on any atom is 0.295 e. The number of Topliss-reactive ketones (excluding diaryl/α,β-unsaturated/α-hetero) is 1. The molecule has 1 amide bonds. The molecule has 0 saturated carbocycles. The van der Waals surface area contributed by atoms with Crippen molar-refractivity contribution in [2.24, 2.45) is 0 Å². The van der Waals surface area contributed by atoms with Crippen molar-refractivity contribution >= 4 is 17.4 Å². The van der Waals surface area contributed by atoms with Crippen molar-refractivity contribution in [2.75, 3.05) is 53.6 Å². The molecule has 0 bridgehead atoms. The first-order valence-electron chi connectivity index (χ1n) is 11.4. The van der Waals surface area contributed by atoms with Gasteiger partial charge in [-0.1, -0.05) is 42.5 Å². The van der Waals surface area contributed by atoms with E-state index in [1.54, 1.807) is 42.5 Å². The van der Waals surface area contributed by atoms with Crippen LogP contribution in [-0.2, 0) is 14.3 Å². The van der Waals surface area contributed by atoms with Crippen molar-refractivity contribution < 1.29 is 28.9 Å².